The second-order valence-corrected chi connectivity index (χ2v) is 7.50. The van der Waals surface area contributed by atoms with E-state index in [1.165, 1.54) is 10.7 Å². The van der Waals surface area contributed by atoms with Gasteiger partial charge in [0.1, 0.15) is 17.3 Å². The van der Waals surface area contributed by atoms with Gasteiger partial charge in [0.2, 0.25) is 0 Å². The van der Waals surface area contributed by atoms with E-state index in [1.54, 1.807) is 13.2 Å². The lowest BCUT2D eigenvalue weighted by molar-refractivity contribution is -0.0272. The fraction of sp³-hybridized carbons (Fsp3) is 0.304. The standard InChI is InChI=1S/C23H23F2N3O2/c1-28-14-19(21(27-28)18-10-9-17(24)12-20(18)25)23(29)26-13-16-8-5-11-30-22(16)15-6-3-2-4-7-15/h2-4,6-7,9-10,12,14,16,22H,5,8,11,13H2,1H3,(H,26,29). The van der Waals surface area contributed by atoms with Gasteiger partial charge in [-0.05, 0) is 30.5 Å². The predicted molar refractivity (Wildman–Crippen MR) is 109 cm³/mol. The summed E-state index contributed by atoms with van der Waals surface area (Å²) in [5.41, 5.74) is 1.61. The van der Waals surface area contributed by atoms with E-state index in [0.29, 0.717) is 13.2 Å². The lowest BCUT2D eigenvalue weighted by Crippen LogP contribution is -2.35. The molecule has 156 valence electrons. The molecule has 0 radical (unpaired) electrons. The first kappa shape index (κ1) is 20.2. The number of aryl methyl sites for hydroxylation is 1. The zero-order valence-corrected chi connectivity index (χ0v) is 16.6. The first-order valence-corrected chi connectivity index (χ1v) is 9.96. The van der Waals surface area contributed by atoms with Gasteiger partial charge in [-0.3, -0.25) is 9.48 Å². The minimum absolute atomic E-state index is 0.0804. The van der Waals surface area contributed by atoms with Crippen molar-refractivity contribution in [3.63, 3.8) is 0 Å². The SMILES string of the molecule is Cn1cc(C(=O)NCC2CCCOC2c2ccccc2)c(-c2ccc(F)cc2F)n1. The summed E-state index contributed by atoms with van der Waals surface area (Å²) < 4.78 is 35.0. The number of hydrogen-bond donors (Lipinski definition) is 1. The molecule has 4 rings (SSSR count). The Hall–Kier alpha value is -3.06. The molecule has 1 saturated heterocycles. The van der Waals surface area contributed by atoms with Crippen molar-refractivity contribution < 1.29 is 18.3 Å². The van der Waals surface area contributed by atoms with Crippen LogP contribution in [-0.2, 0) is 11.8 Å². The predicted octanol–water partition coefficient (Wildman–Crippen LogP) is 4.26. The lowest BCUT2D eigenvalue weighted by atomic mass is 9.89. The largest absolute Gasteiger partial charge is 0.373 e. The smallest absolute Gasteiger partial charge is 0.255 e. The van der Waals surface area contributed by atoms with E-state index >= 15 is 0 Å². The number of benzene rings is 2. The van der Waals surface area contributed by atoms with Crippen molar-refractivity contribution in [2.24, 2.45) is 13.0 Å². The number of rotatable bonds is 5. The Labute approximate surface area is 173 Å². The lowest BCUT2D eigenvalue weighted by Gasteiger charge is -2.32. The molecule has 1 N–H and O–H groups in total. The monoisotopic (exact) mass is 411 g/mol. The number of amides is 1. The van der Waals surface area contributed by atoms with Crippen LogP contribution in [0.15, 0.2) is 54.7 Å². The highest BCUT2D eigenvalue weighted by Crippen LogP contribution is 2.33. The maximum Gasteiger partial charge on any atom is 0.255 e. The summed E-state index contributed by atoms with van der Waals surface area (Å²) in [5.74, 6) is -1.65. The molecule has 1 aliphatic heterocycles. The number of carbonyl (C=O) groups is 1. The van der Waals surface area contributed by atoms with E-state index in [9.17, 15) is 13.6 Å². The number of carbonyl (C=O) groups excluding carboxylic acids is 1. The third kappa shape index (κ3) is 4.26. The van der Waals surface area contributed by atoms with Crippen LogP contribution in [-0.4, -0.2) is 28.8 Å². The number of nitrogens with zero attached hydrogens (tertiary/aromatic N) is 2. The van der Waals surface area contributed by atoms with Gasteiger partial charge < -0.3 is 10.1 Å². The van der Waals surface area contributed by atoms with Gasteiger partial charge in [-0.25, -0.2) is 8.78 Å². The van der Waals surface area contributed by atoms with E-state index in [2.05, 4.69) is 10.4 Å². The van der Waals surface area contributed by atoms with Crippen LogP contribution in [0.5, 0.6) is 0 Å². The number of aromatic nitrogens is 2. The minimum Gasteiger partial charge on any atom is -0.373 e. The van der Waals surface area contributed by atoms with Crippen molar-refractivity contribution in [2.45, 2.75) is 18.9 Å². The second kappa shape index (κ2) is 8.75. The van der Waals surface area contributed by atoms with Crippen molar-refractivity contribution in [3.05, 3.63) is 77.5 Å². The minimum atomic E-state index is -0.757. The average Bonchev–Trinajstić information content (AvgIpc) is 3.14. The Morgan fingerprint density at radius 3 is 2.80 bits per heavy atom. The molecule has 1 aromatic heterocycles. The summed E-state index contributed by atoms with van der Waals surface area (Å²) in [6.45, 7) is 1.12. The van der Waals surface area contributed by atoms with Crippen LogP contribution in [0, 0.1) is 17.6 Å². The van der Waals surface area contributed by atoms with Gasteiger partial charge in [0.05, 0.1) is 11.7 Å². The highest BCUT2D eigenvalue weighted by molar-refractivity contribution is 5.99. The Kier molecular flexibility index (Phi) is 5.90. The first-order valence-electron chi connectivity index (χ1n) is 9.96. The summed E-state index contributed by atoms with van der Waals surface area (Å²) in [6, 6.07) is 13.2. The van der Waals surface area contributed by atoms with E-state index in [1.807, 2.05) is 30.3 Å². The molecular formula is C23H23F2N3O2. The maximum absolute atomic E-state index is 14.3. The highest BCUT2D eigenvalue weighted by Gasteiger charge is 2.28. The normalized spacial score (nSPS) is 18.9. The quantitative estimate of drug-likeness (QED) is 0.683. The van der Waals surface area contributed by atoms with Crippen LogP contribution < -0.4 is 5.32 Å². The van der Waals surface area contributed by atoms with Crippen molar-refractivity contribution in [2.75, 3.05) is 13.2 Å². The van der Waals surface area contributed by atoms with Gasteiger partial charge in [0.15, 0.2) is 0 Å². The molecule has 1 amide bonds. The van der Waals surface area contributed by atoms with E-state index < -0.39 is 11.6 Å². The molecule has 0 bridgehead atoms. The van der Waals surface area contributed by atoms with Crippen LogP contribution >= 0.6 is 0 Å². The Morgan fingerprint density at radius 2 is 2.03 bits per heavy atom. The molecule has 3 aromatic rings. The molecule has 1 fully saturated rings. The van der Waals surface area contributed by atoms with Crippen molar-refractivity contribution in [3.8, 4) is 11.3 Å². The fourth-order valence-corrected chi connectivity index (χ4v) is 3.92. The fourth-order valence-electron chi connectivity index (χ4n) is 3.92. The summed E-state index contributed by atoms with van der Waals surface area (Å²) in [5, 5.41) is 7.17. The molecule has 2 heterocycles. The molecule has 2 unspecified atom stereocenters. The first-order chi connectivity index (χ1) is 14.5. The summed E-state index contributed by atoms with van der Waals surface area (Å²) in [4.78, 5) is 12.9. The zero-order valence-electron chi connectivity index (χ0n) is 16.6. The number of hydrogen-bond acceptors (Lipinski definition) is 3. The van der Waals surface area contributed by atoms with Gasteiger partial charge in [0.25, 0.3) is 5.91 Å². The van der Waals surface area contributed by atoms with Gasteiger partial charge in [-0.2, -0.15) is 5.10 Å². The zero-order chi connectivity index (χ0) is 21.1. The van der Waals surface area contributed by atoms with Gasteiger partial charge >= 0.3 is 0 Å². The topological polar surface area (TPSA) is 56.2 Å². The van der Waals surface area contributed by atoms with Crippen molar-refractivity contribution >= 4 is 5.91 Å². The molecule has 0 aliphatic carbocycles. The number of halogens is 2. The van der Waals surface area contributed by atoms with Crippen LogP contribution in [0.25, 0.3) is 11.3 Å². The molecule has 2 atom stereocenters. The van der Waals surface area contributed by atoms with E-state index in [-0.39, 0.29) is 34.7 Å². The molecule has 5 nitrogen and oxygen atoms in total. The van der Waals surface area contributed by atoms with Gasteiger partial charge in [0, 0.05) is 43.9 Å². The molecule has 0 spiro atoms. The second-order valence-electron chi connectivity index (χ2n) is 7.50. The van der Waals surface area contributed by atoms with Crippen LogP contribution in [0.4, 0.5) is 8.78 Å². The van der Waals surface area contributed by atoms with E-state index in [4.69, 9.17) is 4.74 Å². The summed E-state index contributed by atoms with van der Waals surface area (Å²) in [6.07, 6.45) is 3.33. The summed E-state index contributed by atoms with van der Waals surface area (Å²) >= 11 is 0. The summed E-state index contributed by atoms with van der Waals surface area (Å²) in [7, 11) is 1.65. The maximum atomic E-state index is 14.3. The highest BCUT2D eigenvalue weighted by atomic mass is 19.1. The molecule has 7 heteroatoms. The van der Waals surface area contributed by atoms with Crippen LogP contribution in [0.3, 0.4) is 0 Å². The van der Waals surface area contributed by atoms with Gasteiger partial charge in [-0.15, -0.1) is 0 Å². The molecule has 30 heavy (non-hydrogen) atoms. The van der Waals surface area contributed by atoms with Crippen LogP contribution in [0.1, 0.15) is 34.9 Å². The van der Waals surface area contributed by atoms with Gasteiger partial charge in [-0.1, -0.05) is 30.3 Å². The molecule has 0 saturated carbocycles. The molecule has 1 aliphatic rings. The third-order valence-corrected chi connectivity index (χ3v) is 5.36. The van der Waals surface area contributed by atoms with E-state index in [0.717, 1.165) is 30.5 Å². The number of nitrogens with one attached hydrogen (secondary N) is 1. The Morgan fingerprint density at radius 1 is 1.23 bits per heavy atom. The third-order valence-electron chi connectivity index (χ3n) is 5.36. The number of ether oxygens (including phenoxy) is 1. The Balaban J connectivity index is 1.52. The molecule has 2 aromatic carbocycles. The van der Waals surface area contributed by atoms with Crippen molar-refractivity contribution in [1.82, 2.24) is 15.1 Å². The average molecular weight is 411 g/mol. The Bertz CT molecular complexity index is 1040. The van der Waals surface area contributed by atoms with Crippen molar-refractivity contribution in [1.29, 1.82) is 0 Å². The van der Waals surface area contributed by atoms with Crippen LogP contribution in [0.2, 0.25) is 0 Å². The molecular weight excluding hydrogens is 388 g/mol.